The van der Waals surface area contributed by atoms with E-state index in [0.717, 1.165) is 6.42 Å². The summed E-state index contributed by atoms with van der Waals surface area (Å²) < 4.78 is 23.4. The van der Waals surface area contributed by atoms with Crippen LogP contribution in [0.1, 0.15) is 19.8 Å². The minimum Gasteiger partial charge on any atom is -0.323 e. The highest BCUT2D eigenvalue weighted by Crippen LogP contribution is 2.02. The molecule has 60 valence electrons. The van der Waals surface area contributed by atoms with Gasteiger partial charge in [-0.2, -0.15) is 0 Å². The van der Waals surface area contributed by atoms with Crippen molar-refractivity contribution in [1.29, 1.82) is 0 Å². The summed E-state index contributed by atoms with van der Waals surface area (Å²) in [6.45, 7) is 1.95. The Morgan fingerprint density at radius 3 is 2.40 bits per heavy atom. The highest BCUT2D eigenvalue weighted by Gasteiger charge is 2.11. The van der Waals surface area contributed by atoms with E-state index in [1.54, 1.807) is 6.08 Å². The molecule has 0 bridgehead atoms. The van der Waals surface area contributed by atoms with E-state index in [1.807, 2.05) is 13.0 Å². The van der Waals surface area contributed by atoms with Crippen molar-refractivity contribution in [3.05, 3.63) is 12.2 Å². The number of allylic oxidation sites excluding steroid dienone is 1. The topological polar surface area (TPSA) is 26.0 Å². The molecule has 3 heteroatoms. The predicted octanol–water partition coefficient (Wildman–Crippen LogP) is 1.94. The molecule has 0 radical (unpaired) electrons. The summed E-state index contributed by atoms with van der Waals surface area (Å²) in [5.41, 5.74) is 5.06. The number of hydrogen-bond donors (Lipinski definition) is 1. The quantitative estimate of drug-likeness (QED) is 0.607. The van der Waals surface area contributed by atoms with Gasteiger partial charge in [0.1, 0.15) is 0 Å². The van der Waals surface area contributed by atoms with Gasteiger partial charge in [-0.1, -0.05) is 19.1 Å². The minimum absolute atomic E-state index is 0.269. The lowest BCUT2D eigenvalue weighted by molar-refractivity contribution is 0.117. The van der Waals surface area contributed by atoms with Gasteiger partial charge in [-0.3, -0.25) is 0 Å². The fourth-order valence-corrected chi connectivity index (χ4v) is 0.523. The van der Waals surface area contributed by atoms with Crippen molar-refractivity contribution in [3.63, 3.8) is 0 Å². The van der Waals surface area contributed by atoms with E-state index in [-0.39, 0.29) is 6.42 Å². The van der Waals surface area contributed by atoms with Gasteiger partial charge in [0.2, 0.25) is 0 Å². The van der Waals surface area contributed by atoms with E-state index in [9.17, 15) is 8.78 Å². The molecule has 0 aliphatic rings. The molecule has 2 N–H and O–H groups in total. The third-order valence-corrected chi connectivity index (χ3v) is 1.13. The molecular weight excluding hydrogens is 136 g/mol. The minimum atomic E-state index is -2.40. The van der Waals surface area contributed by atoms with Gasteiger partial charge in [0.05, 0.1) is 6.04 Å². The van der Waals surface area contributed by atoms with Crippen molar-refractivity contribution < 1.29 is 8.78 Å². The van der Waals surface area contributed by atoms with Crippen molar-refractivity contribution in [2.45, 2.75) is 32.2 Å². The maximum Gasteiger partial charge on any atom is 0.253 e. The van der Waals surface area contributed by atoms with E-state index in [0.29, 0.717) is 0 Å². The summed E-state index contributed by atoms with van der Waals surface area (Å²) in [7, 11) is 0. The Morgan fingerprint density at radius 2 is 2.00 bits per heavy atom. The molecular formula is C7H13F2N. The average molecular weight is 149 g/mol. The van der Waals surface area contributed by atoms with Gasteiger partial charge >= 0.3 is 0 Å². The monoisotopic (exact) mass is 149 g/mol. The number of nitrogens with two attached hydrogens (primary N) is 1. The second-order valence-corrected chi connectivity index (χ2v) is 2.11. The van der Waals surface area contributed by atoms with Gasteiger partial charge in [-0.25, -0.2) is 8.78 Å². The summed E-state index contributed by atoms with van der Waals surface area (Å²) in [5, 5.41) is 0. The van der Waals surface area contributed by atoms with E-state index < -0.39 is 12.5 Å². The van der Waals surface area contributed by atoms with E-state index in [4.69, 9.17) is 5.73 Å². The highest BCUT2D eigenvalue weighted by atomic mass is 19.3. The van der Waals surface area contributed by atoms with Crippen molar-refractivity contribution in [3.8, 4) is 0 Å². The molecule has 0 fully saturated rings. The smallest absolute Gasteiger partial charge is 0.253 e. The molecule has 0 rings (SSSR count). The highest BCUT2D eigenvalue weighted by molar-refractivity contribution is 4.84. The first-order valence-electron chi connectivity index (χ1n) is 3.37. The van der Waals surface area contributed by atoms with Crippen LogP contribution in [0.25, 0.3) is 0 Å². The average Bonchev–Trinajstić information content (AvgIpc) is 1.88. The second kappa shape index (κ2) is 5.35. The largest absolute Gasteiger partial charge is 0.323 e. The van der Waals surface area contributed by atoms with Crippen LogP contribution in [0.15, 0.2) is 12.2 Å². The Hall–Kier alpha value is -0.440. The fourth-order valence-electron chi connectivity index (χ4n) is 0.523. The standard InChI is InChI=1S/C7H13F2N/c1-2-3-4-5-6(10)7(8)9/h3-4,6-7H,2,5,10H2,1H3/b4-3+. The molecule has 0 aromatic heterocycles. The van der Waals surface area contributed by atoms with Gasteiger partial charge in [0, 0.05) is 0 Å². The molecule has 1 unspecified atom stereocenters. The summed E-state index contributed by atoms with van der Waals surface area (Å²) in [6, 6.07) is -0.997. The molecule has 0 aromatic carbocycles. The number of halogens is 2. The molecule has 0 spiro atoms. The maximum atomic E-state index is 11.7. The lowest BCUT2D eigenvalue weighted by Gasteiger charge is -2.05. The van der Waals surface area contributed by atoms with Crippen molar-refractivity contribution in [1.82, 2.24) is 0 Å². The molecule has 0 aliphatic heterocycles. The van der Waals surface area contributed by atoms with Crippen LogP contribution in [0, 0.1) is 0 Å². The summed E-state index contributed by atoms with van der Waals surface area (Å²) in [6.07, 6.45) is 2.27. The zero-order valence-corrected chi connectivity index (χ0v) is 6.06. The Kier molecular flexibility index (Phi) is 5.12. The van der Waals surface area contributed by atoms with Crippen LogP contribution < -0.4 is 5.73 Å². The van der Waals surface area contributed by atoms with Crippen LogP contribution in [-0.4, -0.2) is 12.5 Å². The summed E-state index contributed by atoms with van der Waals surface area (Å²) in [4.78, 5) is 0. The lowest BCUT2D eigenvalue weighted by atomic mass is 10.2. The van der Waals surface area contributed by atoms with Crippen molar-refractivity contribution >= 4 is 0 Å². The third kappa shape index (κ3) is 4.44. The van der Waals surface area contributed by atoms with E-state index in [1.165, 1.54) is 0 Å². The first kappa shape index (κ1) is 9.56. The number of alkyl halides is 2. The summed E-state index contributed by atoms with van der Waals surface area (Å²) in [5.74, 6) is 0. The third-order valence-electron chi connectivity index (χ3n) is 1.13. The zero-order valence-electron chi connectivity index (χ0n) is 6.06. The molecule has 0 heterocycles. The fraction of sp³-hybridized carbons (Fsp3) is 0.714. The van der Waals surface area contributed by atoms with E-state index in [2.05, 4.69) is 0 Å². The van der Waals surface area contributed by atoms with E-state index >= 15 is 0 Å². The molecule has 0 saturated carbocycles. The molecule has 1 nitrogen and oxygen atoms in total. The molecule has 0 aromatic rings. The van der Waals surface area contributed by atoms with Gasteiger partial charge in [-0.15, -0.1) is 0 Å². The predicted molar refractivity (Wildman–Crippen MR) is 38.0 cm³/mol. The zero-order chi connectivity index (χ0) is 7.98. The van der Waals surface area contributed by atoms with Crippen LogP contribution >= 0.6 is 0 Å². The van der Waals surface area contributed by atoms with Crippen LogP contribution in [0.2, 0.25) is 0 Å². The first-order valence-corrected chi connectivity index (χ1v) is 3.37. The lowest BCUT2D eigenvalue weighted by Crippen LogP contribution is -2.27. The number of hydrogen-bond acceptors (Lipinski definition) is 1. The maximum absolute atomic E-state index is 11.7. The molecule has 1 atom stereocenters. The SMILES string of the molecule is CC/C=C/CC(N)C(F)F. The summed E-state index contributed by atoms with van der Waals surface area (Å²) >= 11 is 0. The molecule has 0 saturated heterocycles. The molecule has 0 amide bonds. The van der Waals surface area contributed by atoms with Gasteiger partial charge in [0.25, 0.3) is 6.43 Å². The number of rotatable bonds is 4. The molecule has 0 aliphatic carbocycles. The van der Waals surface area contributed by atoms with Crippen LogP contribution in [0.3, 0.4) is 0 Å². The van der Waals surface area contributed by atoms with Gasteiger partial charge in [0.15, 0.2) is 0 Å². The first-order chi connectivity index (χ1) is 4.68. The van der Waals surface area contributed by atoms with Gasteiger partial charge in [-0.05, 0) is 12.8 Å². The Bertz CT molecular complexity index is 102. The second-order valence-electron chi connectivity index (χ2n) is 2.11. The van der Waals surface area contributed by atoms with Crippen LogP contribution in [0.5, 0.6) is 0 Å². The van der Waals surface area contributed by atoms with Crippen LogP contribution in [0.4, 0.5) is 8.78 Å². The normalized spacial score (nSPS) is 14.9. The molecule has 10 heavy (non-hydrogen) atoms. The van der Waals surface area contributed by atoms with Crippen LogP contribution in [-0.2, 0) is 0 Å². The Morgan fingerprint density at radius 1 is 1.40 bits per heavy atom. The van der Waals surface area contributed by atoms with Gasteiger partial charge < -0.3 is 5.73 Å². The Balaban J connectivity index is 3.38. The Labute approximate surface area is 59.9 Å². The van der Waals surface area contributed by atoms with Crippen molar-refractivity contribution in [2.75, 3.05) is 0 Å². The van der Waals surface area contributed by atoms with Crippen molar-refractivity contribution in [2.24, 2.45) is 5.73 Å².